The molecule has 3 rings (SSSR count). The molecule has 0 radical (unpaired) electrons. The van der Waals surface area contributed by atoms with Crippen molar-refractivity contribution in [2.75, 3.05) is 10.3 Å². The minimum absolute atomic E-state index is 0.175. The highest BCUT2D eigenvalue weighted by molar-refractivity contribution is 6.39. The largest absolute Gasteiger partial charge is 0.294 e. The molecule has 1 heterocycles. The summed E-state index contributed by atoms with van der Waals surface area (Å²) in [6.45, 7) is 7.04. The number of para-hydroxylation sites is 2. The molecule has 2 aromatic rings. The summed E-state index contributed by atoms with van der Waals surface area (Å²) in [5.41, 5.74) is 5.52. The van der Waals surface area contributed by atoms with Crippen LogP contribution >= 0.6 is 0 Å². The zero-order valence-corrected chi connectivity index (χ0v) is 14.7. The Balaban J connectivity index is 2.15. The second-order valence-corrected chi connectivity index (χ2v) is 5.92. The Kier molecular flexibility index (Phi) is 4.80. The molecule has 0 saturated heterocycles. The van der Waals surface area contributed by atoms with Crippen molar-refractivity contribution in [3.05, 3.63) is 84.0 Å². The molecule has 0 fully saturated rings. The van der Waals surface area contributed by atoms with Crippen LogP contribution in [0.15, 0.2) is 89.1 Å². The summed E-state index contributed by atoms with van der Waals surface area (Å²) in [4.78, 5) is 26.6. The molecule has 0 atom stereocenters. The van der Waals surface area contributed by atoms with Gasteiger partial charge in [0.15, 0.2) is 11.6 Å². The number of nitrogens with zero attached hydrogens (tertiary/aromatic N) is 2. The van der Waals surface area contributed by atoms with E-state index in [0.29, 0.717) is 16.8 Å². The smallest absolute Gasteiger partial charge is 0.263 e. The van der Waals surface area contributed by atoms with E-state index in [4.69, 9.17) is 0 Å². The van der Waals surface area contributed by atoms with Gasteiger partial charge in [-0.25, -0.2) is 0 Å². The number of amides is 1. The average Bonchev–Trinajstić information content (AvgIpc) is 2.65. The molecule has 1 aliphatic heterocycles. The first-order chi connectivity index (χ1) is 12.5. The SMILES string of the molecule is C=C1C(=O)N(c2ccccc2)/C(=N/Nc2ccccc2)C(C(C)=O)=C1C. The molecule has 5 nitrogen and oxygen atoms in total. The van der Waals surface area contributed by atoms with Crippen LogP contribution in [0.1, 0.15) is 13.8 Å². The number of amidine groups is 1. The van der Waals surface area contributed by atoms with Crippen molar-refractivity contribution in [2.24, 2.45) is 5.10 Å². The number of ketones is 1. The predicted molar refractivity (Wildman–Crippen MR) is 104 cm³/mol. The lowest BCUT2D eigenvalue weighted by Crippen LogP contribution is -2.45. The molecule has 1 N–H and O–H groups in total. The summed E-state index contributed by atoms with van der Waals surface area (Å²) >= 11 is 0. The minimum Gasteiger partial charge on any atom is -0.294 e. The summed E-state index contributed by atoms with van der Waals surface area (Å²) in [7, 11) is 0. The molecule has 26 heavy (non-hydrogen) atoms. The first-order valence-corrected chi connectivity index (χ1v) is 8.20. The normalized spacial score (nSPS) is 16.2. The van der Waals surface area contributed by atoms with E-state index >= 15 is 0 Å². The molecule has 1 aliphatic rings. The van der Waals surface area contributed by atoms with E-state index in [2.05, 4.69) is 17.1 Å². The van der Waals surface area contributed by atoms with Gasteiger partial charge in [0.25, 0.3) is 5.91 Å². The maximum absolute atomic E-state index is 12.9. The van der Waals surface area contributed by atoms with Gasteiger partial charge in [0.2, 0.25) is 0 Å². The summed E-state index contributed by atoms with van der Waals surface area (Å²) in [6.07, 6.45) is 0. The Bertz CT molecular complexity index is 928. The van der Waals surface area contributed by atoms with E-state index < -0.39 is 0 Å². The lowest BCUT2D eigenvalue weighted by Gasteiger charge is -2.31. The third-order valence-corrected chi connectivity index (χ3v) is 4.16. The molecule has 0 aliphatic carbocycles. The van der Waals surface area contributed by atoms with E-state index in [-0.39, 0.29) is 23.1 Å². The van der Waals surface area contributed by atoms with Crippen LogP contribution in [0.25, 0.3) is 0 Å². The number of rotatable bonds is 4. The van der Waals surface area contributed by atoms with Crippen LogP contribution in [-0.4, -0.2) is 17.5 Å². The standard InChI is InChI=1S/C21H19N3O2/c1-14-15(2)21(26)24(18-12-8-5-9-13-18)20(19(14)16(3)25)23-22-17-10-6-4-7-11-17/h4-13,22H,2H2,1,3H3/b23-20+. The molecule has 0 unspecified atom stereocenters. The first kappa shape index (κ1) is 17.4. The fourth-order valence-electron chi connectivity index (χ4n) is 2.80. The van der Waals surface area contributed by atoms with Crippen LogP contribution in [-0.2, 0) is 9.59 Å². The Hall–Kier alpha value is -3.47. The zero-order chi connectivity index (χ0) is 18.7. The highest BCUT2D eigenvalue weighted by atomic mass is 16.2. The van der Waals surface area contributed by atoms with Gasteiger partial charge < -0.3 is 0 Å². The maximum atomic E-state index is 12.9. The molecule has 0 saturated carbocycles. The predicted octanol–water partition coefficient (Wildman–Crippen LogP) is 3.92. The molecule has 1 amide bonds. The number of anilines is 2. The molecular formula is C21H19N3O2. The van der Waals surface area contributed by atoms with Gasteiger partial charge in [-0.15, -0.1) is 0 Å². The van der Waals surface area contributed by atoms with Crippen LogP contribution in [0.4, 0.5) is 11.4 Å². The van der Waals surface area contributed by atoms with Crippen LogP contribution in [0.2, 0.25) is 0 Å². The van der Waals surface area contributed by atoms with E-state index in [0.717, 1.165) is 5.69 Å². The number of Topliss-reactive ketones (excluding diaryl/α,β-unsaturated/α-hetero) is 1. The molecule has 0 spiro atoms. The molecule has 5 heteroatoms. The molecule has 2 aromatic carbocycles. The average molecular weight is 345 g/mol. The number of hydrazone groups is 1. The van der Waals surface area contributed by atoms with Crippen LogP contribution in [0.5, 0.6) is 0 Å². The molecular weight excluding hydrogens is 326 g/mol. The highest BCUT2D eigenvalue weighted by Gasteiger charge is 2.35. The van der Waals surface area contributed by atoms with E-state index in [1.54, 1.807) is 19.1 Å². The van der Waals surface area contributed by atoms with E-state index in [9.17, 15) is 9.59 Å². The van der Waals surface area contributed by atoms with Crippen LogP contribution in [0.3, 0.4) is 0 Å². The monoisotopic (exact) mass is 345 g/mol. The number of carbonyl (C=O) groups is 2. The minimum atomic E-state index is -0.299. The number of carbonyl (C=O) groups excluding carboxylic acids is 2. The molecule has 0 bridgehead atoms. The second kappa shape index (κ2) is 7.19. The number of hydrogen-bond acceptors (Lipinski definition) is 4. The Labute approximate surface area is 152 Å². The number of hydrogen-bond donors (Lipinski definition) is 1. The number of nitrogens with one attached hydrogen (secondary N) is 1. The summed E-state index contributed by atoms with van der Waals surface area (Å²) < 4.78 is 0. The van der Waals surface area contributed by atoms with Crippen molar-refractivity contribution >= 4 is 28.9 Å². The first-order valence-electron chi connectivity index (χ1n) is 8.20. The topological polar surface area (TPSA) is 61.8 Å². The van der Waals surface area contributed by atoms with E-state index in [1.807, 2.05) is 48.5 Å². The maximum Gasteiger partial charge on any atom is 0.263 e. The van der Waals surface area contributed by atoms with Gasteiger partial charge in [0.1, 0.15) is 0 Å². The van der Waals surface area contributed by atoms with Crippen molar-refractivity contribution in [1.29, 1.82) is 0 Å². The van der Waals surface area contributed by atoms with Gasteiger partial charge in [-0.3, -0.25) is 19.9 Å². The summed E-state index contributed by atoms with van der Waals surface area (Å²) in [5, 5.41) is 4.40. The van der Waals surface area contributed by atoms with Crippen molar-refractivity contribution in [3.8, 4) is 0 Å². The van der Waals surface area contributed by atoms with Gasteiger partial charge in [-0.2, -0.15) is 5.10 Å². The second-order valence-electron chi connectivity index (χ2n) is 5.92. The third kappa shape index (κ3) is 3.19. The van der Waals surface area contributed by atoms with Crippen LogP contribution < -0.4 is 10.3 Å². The molecule has 130 valence electrons. The fraction of sp³-hybridized carbons (Fsp3) is 0.0952. The van der Waals surface area contributed by atoms with Gasteiger partial charge in [-0.05, 0) is 43.7 Å². The van der Waals surface area contributed by atoms with Crippen molar-refractivity contribution in [3.63, 3.8) is 0 Å². The zero-order valence-electron chi connectivity index (χ0n) is 14.7. The quantitative estimate of drug-likeness (QED) is 0.675. The summed E-state index contributed by atoms with van der Waals surface area (Å²) in [6, 6.07) is 18.4. The third-order valence-electron chi connectivity index (χ3n) is 4.16. The highest BCUT2D eigenvalue weighted by Crippen LogP contribution is 2.30. The van der Waals surface area contributed by atoms with Gasteiger partial charge >= 0.3 is 0 Å². The van der Waals surface area contributed by atoms with Crippen molar-refractivity contribution in [2.45, 2.75) is 13.8 Å². The van der Waals surface area contributed by atoms with Crippen molar-refractivity contribution < 1.29 is 9.59 Å². The van der Waals surface area contributed by atoms with Gasteiger partial charge in [0, 0.05) is 5.57 Å². The van der Waals surface area contributed by atoms with Gasteiger partial charge in [-0.1, -0.05) is 43.0 Å². The number of benzene rings is 2. The summed E-state index contributed by atoms with van der Waals surface area (Å²) in [5.74, 6) is -0.208. The van der Waals surface area contributed by atoms with Crippen molar-refractivity contribution in [1.82, 2.24) is 0 Å². The fourth-order valence-corrected chi connectivity index (χ4v) is 2.80. The van der Waals surface area contributed by atoms with E-state index in [1.165, 1.54) is 11.8 Å². The van der Waals surface area contributed by atoms with Crippen LogP contribution in [0, 0.1) is 0 Å². The Morgan fingerprint density at radius 1 is 1.04 bits per heavy atom. The Morgan fingerprint density at radius 3 is 2.19 bits per heavy atom. The Morgan fingerprint density at radius 2 is 1.62 bits per heavy atom. The molecule has 0 aromatic heterocycles. The lowest BCUT2D eigenvalue weighted by molar-refractivity contribution is -0.114. The lowest BCUT2D eigenvalue weighted by atomic mass is 9.93. The van der Waals surface area contributed by atoms with Gasteiger partial charge in [0.05, 0.1) is 16.9 Å².